The maximum Gasteiger partial charge on any atom is 0.120 e. The smallest absolute Gasteiger partial charge is 0.120 e. The van der Waals surface area contributed by atoms with Crippen LogP contribution < -0.4 is 0 Å². The van der Waals surface area contributed by atoms with Crippen molar-refractivity contribution in [3.63, 3.8) is 0 Å². The van der Waals surface area contributed by atoms with E-state index >= 15 is 0 Å². The molecule has 4 heteroatoms. The summed E-state index contributed by atoms with van der Waals surface area (Å²) in [6, 6.07) is 7.69. The van der Waals surface area contributed by atoms with E-state index in [2.05, 4.69) is 15.0 Å². The van der Waals surface area contributed by atoms with Gasteiger partial charge in [0.2, 0.25) is 0 Å². The number of pyridine rings is 1. The molecule has 0 aliphatic heterocycles. The van der Waals surface area contributed by atoms with E-state index in [4.69, 9.17) is 5.26 Å². The predicted octanol–water partition coefficient (Wildman–Crippen LogP) is 1.54. The maximum absolute atomic E-state index is 8.47. The maximum atomic E-state index is 8.47. The molecular formula is C10H8N4. The van der Waals surface area contributed by atoms with Gasteiger partial charge < -0.3 is 4.98 Å². The van der Waals surface area contributed by atoms with Crippen LogP contribution in [0.5, 0.6) is 0 Å². The van der Waals surface area contributed by atoms with E-state index in [9.17, 15) is 0 Å². The first kappa shape index (κ1) is 8.45. The molecule has 0 aliphatic carbocycles. The lowest BCUT2D eigenvalue weighted by Crippen LogP contribution is -1.85. The van der Waals surface area contributed by atoms with E-state index in [1.807, 2.05) is 24.3 Å². The Hall–Kier alpha value is -2.15. The zero-order valence-electron chi connectivity index (χ0n) is 7.44. The lowest BCUT2D eigenvalue weighted by Gasteiger charge is -1.93. The Morgan fingerprint density at radius 1 is 1.36 bits per heavy atom. The summed E-state index contributed by atoms with van der Waals surface area (Å²) in [5, 5.41) is 8.47. The minimum absolute atomic E-state index is 0.298. The number of rotatable bonds is 2. The zero-order valence-corrected chi connectivity index (χ0v) is 7.44. The fraction of sp³-hybridized carbons (Fsp3) is 0.100. The van der Waals surface area contributed by atoms with Gasteiger partial charge in [-0.3, -0.25) is 4.98 Å². The highest BCUT2D eigenvalue weighted by molar-refractivity contribution is 5.52. The molecule has 0 aromatic carbocycles. The Bertz CT molecular complexity index is 452. The largest absolute Gasteiger partial charge is 0.340 e. The number of H-pyrrole nitrogens is 1. The van der Waals surface area contributed by atoms with Gasteiger partial charge in [-0.1, -0.05) is 6.07 Å². The van der Waals surface area contributed by atoms with E-state index in [1.165, 1.54) is 0 Å². The van der Waals surface area contributed by atoms with Crippen LogP contribution in [0.3, 0.4) is 0 Å². The summed E-state index contributed by atoms with van der Waals surface area (Å²) in [5.74, 6) is 0.674. The van der Waals surface area contributed by atoms with Gasteiger partial charge in [-0.05, 0) is 12.1 Å². The van der Waals surface area contributed by atoms with Crippen molar-refractivity contribution in [1.29, 1.82) is 5.26 Å². The van der Waals surface area contributed by atoms with Crippen LogP contribution in [0.1, 0.15) is 5.82 Å². The Balaban J connectivity index is 2.31. The molecule has 0 aliphatic rings. The fourth-order valence-electron chi connectivity index (χ4n) is 1.18. The number of hydrogen-bond acceptors (Lipinski definition) is 3. The minimum atomic E-state index is 0.298. The first-order valence-corrected chi connectivity index (χ1v) is 4.22. The second kappa shape index (κ2) is 3.71. The van der Waals surface area contributed by atoms with Crippen LogP contribution in [0.2, 0.25) is 0 Å². The number of nitrogens with one attached hydrogen (secondary N) is 1. The Morgan fingerprint density at radius 2 is 2.29 bits per heavy atom. The van der Waals surface area contributed by atoms with E-state index in [0.717, 1.165) is 11.4 Å². The number of aromatic nitrogens is 3. The lowest BCUT2D eigenvalue weighted by atomic mass is 10.3. The van der Waals surface area contributed by atoms with Gasteiger partial charge >= 0.3 is 0 Å². The summed E-state index contributed by atoms with van der Waals surface area (Å²) >= 11 is 0. The average molecular weight is 184 g/mol. The topological polar surface area (TPSA) is 65.4 Å². The van der Waals surface area contributed by atoms with Gasteiger partial charge in [0.1, 0.15) is 5.82 Å². The van der Waals surface area contributed by atoms with E-state index < -0.39 is 0 Å². The molecule has 0 bridgehead atoms. The van der Waals surface area contributed by atoms with Crippen LogP contribution in [0.4, 0.5) is 0 Å². The summed E-state index contributed by atoms with van der Waals surface area (Å²) < 4.78 is 0. The molecule has 2 heterocycles. The standard InChI is InChI=1S/C10H8N4/c11-5-4-10-13-7-9(14-10)8-3-1-2-6-12-8/h1-3,6-7H,4H2,(H,13,14). The third-order valence-corrected chi connectivity index (χ3v) is 1.82. The molecule has 14 heavy (non-hydrogen) atoms. The molecule has 0 saturated carbocycles. The van der Waals surface area contributed by atoms with Crippen LogP contribution >= 0.6 is 0 Å². The van der Waals surface area contributed by atoms with Gasteiger partial charge in [0.25, 0.3) is 0 Å². The van der Waals surface area contributed by atoms with Gasteiger partial charge in [-0.15, -0.1) is 0 Å². The molecule has 1 N–H and O–H groups in total. The number of imidazole rings is 1. The molecule has 2 aromatic heterocycles. The van der Waals surface area contributed by atoms with Gasteiger partial charge in [0, 0.05) is 6.20 Å². The SMILES string of the molecule is N#CCc1ncc(-c2ccccn2)[nH]1. The predicted molar refractivity (Wildman–Crippen MR) is 51.1 cm³/mol. The molecule has 0 unspecified atom stereocenters. The van der Waals surface area contributed by atoms with Crippen molar-refractivity contribution in [2.24, 2.45) is 0 Å². The van der Waals surface area contributed by atoms with E-state index in [0.29, 0.717) is 12.2 Å². The number of aromatic amines is 1. The summed E-state index contributed by atoms with van der Waals surface area (Å²) in [7, 11) is 0. The Labute approximate surface area is 81.3 Å². The van der Waals surface area contributed by atoms with Crippen molar-refractivity contribution in [3.05, 3.63) is 36.4 Å². The normalized spacial score (nSPS) is 9.64. The third kappa shape index (κ3) is 1.62. The lowest BCUT2D eigenvalue weighted by molar-refractivity contribution is 1.06. The summed E-state index contributed by atoms with van der Waals surface area (Å²) in [6.45, 7) is 0. The highest BCUT2D eigenvalue weighted by Gasteiger charge is 2.02. The molecule has 0 amide bonds. The molecule has 0 atom stereocenters. The first-order valence-electron chi connectivity index (χ1n) is 4.22. The molecule has 0 fully saturated rings. The third-order valence-electron chi connectivity index (χ3n) is 1.82. The molecule has 2 rings (SSSR count). The highest BCUT2D eigenvalue weighted by Crippen LogP contribution is 2.12. The molecule has 0 saturated heterocycles. The monoisotopic (exact) mass is 184 g/mol. The van der Waals surface area contributed by atoms with E-state index in [-0.39, 0.29) is 0 Å². The quantitative estimate of drug-likeness (QED) is 0.769. The molecule has 0 spiro atoms. The Morgan fingerprint density at radius 3 is 3.00 bits per heavy atom. The van der Waals surface area contributed by atoms with Crippen LogP contribution in [-0.2, 0) is 6.42 Å². The highest BCUT2D eigenvalue weighted by atomic mass is 14.9. The number of nitrogens with zero attached hydrogens (tertiary/aromatic N) is 3. The van der Waals surface area contributed by atoms with Gasteiger partial charge in [-0.2, -0.15) is 5.26 Å². The summed E-state index contributed by atoms with van der Waals surface area (Å²) in [4.78, 5) is 11.3. The van der Waals surface area contributed by atoms with Crippen molar-refractivity contribution in [2.45, 2.75) is 6.42 Å². The first-order chi connectivity index (χ1) is 6.90. The summed E-state index contributed by atoms with van der Waals surface area (Å²) in [6.07, 6.45) is 3.71. The second-order valence-corrected chi connectivity index (χ2v) is 2.79. The van der Waals surface area contributed by atoms with Crippen molar-refractivity contribution in [1.82, 2.24) is 15.0 Å². The van der Waals surface area contributed by atoms with Gasteiger partial charge in [0.05, 0.1) is 30.1 Å². The van der Waals surface area contributed by atoms with Gasteiger partial charge in [-0.25, -0.2) is 4.98 Å². The van der Waals surface area contributed by atoms with Crippen molar-refractivity contribution >= 4 is 0 Å². The summed E-state index contributed by atoms with van der Waals surface area (Å²) in [5.41, 5.74) is 1.68. The molecule has 68 valence electrons. The molecule has 4 nitrogen and oxygen atoms in total. The molecular weight excluding hydrogens is 176 g/mol. The fourth-order valence-corrected chi connectivity index (χ4v) is 1.18. The van der Waals surface area contributed by atoms with Gasteiger partial charge in [0.15, 0.2) is 0 Å². The number of nitriles is 1. The average Bonchev–Trinajstić information content (AvgIpc) is 2.68. The second-order valence-electron chi connectivity index (χ2n) is 2.79. The number of hydrogen-bond donors (Lipinski definition) is 1. The van der Waals surface area contributed by atoms with Crippen LogP contribution in [-0.4, -0.2) is 15.0 Å². The van der Waals surface area contributed by atoms with Crippen molar-refractivity contribution < 1.29 is 0 Å². The molecule has 0 radical (unpaired) electrons. The zero-order chi connectivity index (χ0) is 9.80. The van der Waals surface area contributed by atoms with Crippen molar-refractivity contribution in [3.8, 4) is 17.5 Å². The van der Waals surface area contributed by atoms with Crippen LogP contribution in [0, 0.1) is 11.3 Å². The van der Waals surface area contributed by atoms with Crippen LogP contribution in [0.25, 0.3) is 11.4 Å². The van der Waals surface area contributed by atoms with E-state index in [1.54, 1.807) is 12.4 Å². The molecule has 2 aromatic rings. The minimum Gasteiger partial charge on any atom is -0.340 e. The van der Waals surface area contributed by atoms with Crippen LogP contribution in [0.15, 0.2) is 30.6 Å². The Kier molecular flexibility index (Phi) is 2.24. The van der Waals surface area contributed by atoms with Crippen molar-refractivity contribution in [2.75, 3.05) is 0 Å².